The molecule has 1 unspecified atom stereocenters. The molecule has 1 atom stereocenters. The summed E-state index contributed by atoms with van der Waals surface area (Å²) in [5, 5.41) is 5.83. The fourth-order valence-electron chi connectivity index (χ4n) is 2.32. The van der Waals surface area contributed by atoms with Gasteiger partial charge < -0.3 is 5.32 Å². The number of hydrogen-bond acceptors (Lipinski definition) is 2. The van der Waals surface area contributed by atoms with Crippen molar-refractivity contribution in [2.75, 3.05) is 6.54 Å². The van der Waals surface area contributed by atoms with Gasteiger partial charge in [-0.2, -0.15) is 0 Å². The predicted octanol–water partition coefficient (Wildman–Crippen LogP) is 4.94. The third kappa shape index (κ3) is 3.71. The summed E-state index contributed by atoms with van der Waals surface area (Å²) >= 11 is 1.84. The summed E-state index contributed by atoms with van der Waals surface area (Å²) in [6.45, 7) is 10.0. The number of rotatable bonds is 6. The zero-order valence-electron chi connectivity index (χ0n) is 12.9. The van der Waals surface area contributed by atoms with Gasteiger partial charge >= 0.3 is 0 Å². The van der Waals surface area contributed by atoms with Crippen molar-refractivity contribution < 1.29 is 0 Å². The summed E-state index contributed by atoms with van der Waals surface area (Å²) in [7, 11) is 0. The highest BCUT2D eigenvalue weighted by Gasteiger charge is 2.22. The summed E-state index contributed by atoms with van der Waals surface area (Å²) in [5.41, 5.74) is 2.95. The lowest BCUT2D eigenvalue weighted by atomic mass is 9.91. The molecule has 1 aromatic heterocycles. The zero-order chi connectivity index (χ0) is 14.6. The quantitative estimate of drug-likeness (QED) is 0.793. The van der Waals surface area contributed by atoms with E-state index in [1.165, 1.54) is 16.0 Å². The van der Waals surface area contributed by atoms with E-state index in [4.69, 9.17) is 0 Å². The Morgan fingerprint density at radius 2 is 1.85 bits per heavy atom. The van der Waals surface area contributed by atoms with Crippen molar-refractivity contribution in [3.63, 3.8) is 0 Å². The molecule has 108 valence electrons. The Morgan fingerprint density at radius 3 is 2.40 bits per heavy atom. The van der Waals surface area contributed by atoms with Gasteiger partial charge in [-0.3, -0.25) is 0 Å². The first-order valence-electron chi connectivity index (χ1n) is 7.39. The second-order valence-corrected chi connectivity index (χ2v) is 7.01. The van der Waals surface area contributed by atoms with E-state index in [0.717, 1.165) is 13.0 Å². The van der Waals surface area contributed by atoms with Crippen LogP contribution in [0.3, 0.4) is 0 Å². The van der Waals surface area contributed by atoms with Crippen LogP contribution < -0.4 is 5.32 Å². The van der Waals surface area contributed by atoms with Gasteiger partial charge in [0.2, 0.25) is 0 Å². The van der Waals surface area contributed by atoms with E-state index < -0.39 is 0 Å². The minimum absolute atomic E-state index is 0.186. The van der Waals surface area contributed by atoms with Crippen LogP contribution in [0, 0.1) is 0 Å². The van der Waals surface area contributed by atoms with Crippen molar-refractivity contribution in [3.05, 3.63) is 57.8 Å². The van der Waals surface area contributed by atoms with Gasteiger partial charge in [0.1, 0.15) is 0 Å². The molecule has 1 heterocycles. The first-order chi connectivity index (χ1) is 9.53. The van der Waals surface area contributed by atoms with Crippen LogP contribution in [0.2, 0.25) is 0 Å². The van der Waals surface area contributed by atoms with Crippen LogP contribution in [0.5, 0.6) is 0 Å². The topological polar surface area (TPSA) is 12.0 Å². The largest absolute Gasteiger partial charge is 0.309 e. The van der Waals surface area contributed by atoms with Crippen LogP contribution in [0.4, 0.5) is 0 Å². The van der Waals surface area contributed by atoms with Gasteiger partial charge in [-0.15, -0.1) is 11.3 Å². The van der Waals surface area contributed by atoms with E-state index in [9.17, 15) is 0 Å². The summed E-state index contributed by atoms with van der Waals surface area (Å²) in [6, 6.07) is 13.7. The van der Waals surface area contributed by atoms with E-state index in [1.807, 2.05) is 11.3 Å². The molecule has 1 nitrogen and oxygen atoms in total. The van der Waals surface area contributed by atoms with Gasteiger partial charge in [0.15, 0.2) is 0 Å². The lowest BCUT2D eigenvalue weighted by Crippen LogP contribution is -2.33. The van der Waals surface area contributed by atoms with E-state index >= 15 is 0 Å². The second-order valence-electron chi connectivity index (χ2n) is 6.06. The highest BCUT2D eigenvalue weighted by molar-refractivity contribution is 7.10. The van der Waals surface area contributed by atoms with E-state index in [-0.39, 0.29) is 5.41 Å². The fraction of sp³-hybridized carbons (Fsp3) is 0.444. The Morgan fingerprint density at radius 1 is 1.15 bits per heavy atom. The molecule has 0 amide bonds. The molecule has 2 rings (SSSR count). The molecule has 2 heteroatoms. The number of benzene rings is 1. The molecule has 2 aromatic rings. The van der Waals surface area contributed by atoms with Gasteiger partial charge in [0.05, 0.1) is 0 Å². The predicted molar refractivity (Wildman–Crippen MR) is 89.6 cm³/mol. The van der Waals surface area contributed by atoms with Crippen LogP contribution in [0.25, 0.3) is 0 Å². The van der Waals surface area contributed by atoms with Crippen molar-refractivity contribution in [2.24, 2.45) is 0 Å². The lowest BCUT2D eigenvalue weighted by Gasteiger charge is -2.26. The monoisotopic (exact) mass is 287 g/mol. The molecule has 0 spiro atoms. The third-order valence-electron chi connectivity index (χ3n) is 3.93. The van der Waals surface area contributed by atoms with Gasteiger partial charge in [-0.1, -0.05) is 51.1 Å². The Hall–Kier alpha value is -1.12. The maximum atomic E-state index is 3.67. The molecular formula is C18H25NS. The van der Waals surface area contributed by atoms with Gasteiger partial charge in [0.25, 0.3) is 0 Å². The first-order valence-corrected chi connectivity index (χ1v) is 8.27. The number of nitrogens with one attached hydrogen (secondary N) is 1. The Bertz CT molecular complexity index is 511. The third-order valence-corrected chi connectivity index (χ3v) is 5.16. The van der Waals surface area contributed by atoms with Crippen molar-refractivity contribution in [1.29, 1.82) is 0 Å². The van der Waals surface area contributed by atoms with Crippen LogP contribution in [0.1, 0.15) is 49.7 Å². The average molecular weight is 287 g/mol. The van der Waals surface area contributed by atoms with Crippen molar-refractivity contribution >= 4 is 11.3 Å². The molecule has 1 N–H and O–H groups in total. The van der Waals surface area contributed by atoms with Crippen molar-refractivity contribution in [1.82, 2.24) is 5.32 Å². The Balaban J connectivity index is 1.96. The summed E-state index contributed by atoms with van der Waals surface area (Å²) in [4.78, 5) is 1.44. The average Bonchev–Trinajstić information content (AvgIpc) is 3.00. The maximum Gasteiger partial charge on any atom is 0.0292 e. The lowest BCUT2D eigenvalue weighted by molar-refractivity contribution is 0.441. The van der Waals surface area contributed by atoms with Crippen LogP contribution in [-0.2, 0) is 11.8 Å². The smallest absolute Gasteiger partial charge is 0.0292 e. The number of aryl methyl sites for hydroxylation is 1. The molecule has 0 aliphatic carbocycles. The number of hydrogen-bond donors (Lipinski definition) is 1. The molecule has 0 fully saturated rings. The van der Waals surface area contributed by atoms with E-state index in [1.54, 1.807) is 0 Å². The molecule has 0 aliphatic heterocycles. The summed E-state index contributed by atoms with van der Waals surface area (Å²) < 4.78 is 0. The van der Waals surface area contributed by atoms with Gasteiger partial charge in [0, 0.05) is 22.9 Å². The van der Waals surface area contributed by atoms with E-state index in [2.05, 4.69) is 74.8 Å². The molecule has 0 saturated carbocycles. The van der Waals surface area contributed by atoms with Crippen LogP contribution in [-0.4, -0.2) is 6.54 Å². The highest BCUT2D eigenvalue weighted by atomic mass is 32.1. The van der Waals surface area contributed by atoms with Crippen LogP contribution in [0.15, 0.2) is 41.8 Å². The molecule has 20 heavy (non-hydrogen) atoms. The second kappa shape index (κ2) is 6.55. The number of thiophene rings is 1. The standard InChI is InChI=1S/C18H25NS/c1-5-15-8-10-16(11-9-15)14(2)19-13-18(3,4)17-7-6-12-20-17/h6-12,14,19H,5,13H2,1-4H3. The van der Waals surface area contributed by atoms with Crippen LogP contribution >= 0.6 is 11.3 Å². The van der Waals surface area contributed by atoms with Crippen molar-refractivity contribution in [2.45, 2.75) is 45.6 Å². The highest BCUT2D eigenvalue weighted by Crippen LogP contribution is 2.27. The fourth-order valence-corrected chi connectivity index (χ4v) is 3.17. The van der Waals surface area contributed by atoms with Gasteiger partial charge in [-0.05, 0) is 35.9 Å². The Kier molecular flexibility index (Phi) is 5.00. The SMILES string of the molecule is CCc1ccc(C(C)NCC(C)(C)c2cccs2)cc1. The molecule has 0 aliphatic rings. The minimum Gasteiger partial charge on any atom is -0.309 e. The minimum atomic E-state index is 0.186. The molecule has 0 saturated heterocycles. The first kappa shape index (κ1) is 15.3. The normalized spacial score (nSPS) is 13.4. The zero-order valence-corrected chi connectivity index (χ0v) is 13.8. The molecule has 0 bridgehead atoms. The molecule has 0 radical (unpaired) electrons. The summed E-state index contributed by atoms with van der Waals surface area (Å²) in [5.74, 6) is 0. The molecular weight excluding hydrogens is 262 g/mol. The molecule has 1 aromatic carbocycles. The maximum absolute atomic E-state index is 3.67. The summed E-state index contributed by atoms with van der Waals surface area (Å²) in [6.07, 6.45) is 1.10. The van der Waals surface area contributed by atoms with E-state index in [0.29, 0.717) is 6.04 Å². The van der Waals surface area contributed by atoms with Gasteiger partial charge in [-0.25, -0.2) is 0 Å². The van der Waals surface area contributed by atoms with Crippen molar-refractivity contribution in [3.8, 4) is 0 Å². The Labute approximate surface area is 127 Å².